The molecule has 1 aromatic carbocycles. The van der Waals surface area contributed by atoms with E-state index < -0.39 is 0 Å². The molecule has 3 aromatic rings. The largest absolute Gasteiger partial charge is 0.303 e. The van der Waals surface area contributed by atoms with Crippen LogP contribution in [0.25, 0.3) is 10.4 Å². The smallest absolute Gasteiger partial charge is 0.269 e. The lowest BCUT2D eigenvalue weighted by atomic mass is 10.2. The first-order valence-electron chi connectivity index (χ1n) is 8.05. The van der Waals surface area contributed by atoms with Crippen molar-refractivity contribution in [3.8, 4) is 10.4 Å². The Morgan fingerprint density at radius 2 is 2.00 bits per heavy atom. The van der Waals surface area contributed by atoms with Gasteiger partial charge in [0.05, 0.1) is 11.0 Å². The summed E-state index contributed by atoms with van der Waals surface area (Å²) in [5, 5.41) is 17.5. The Kier molecular flexibility index (Phi) is 5.57. The van der Waals surface area contributed by atoms with Gasteiger partial charge in [-0.05, 0) is 43.2 Å². The first kappa shape index (κ1) is 17.7. The van der Waals surface area contributed by atoms with E-state index in [-0.39, 0.29) is 16.7 Å². The quantitative estimate of drug-likeness (QED) is 0.449. The summed E-state index contributed by atoms with van der Waals surface area (Å²) in [6, 6.07) is 11.1. The Bertz CT molecular complexity index is 855. The molecular formula is C18H19N3O2S2. The van der Waals surface area contributed by atoms with E-state index in [1.54, 1.807) is 46.9 Å². The Morgan fingerprint density at radius 1 is 1.24 bits per heavy atom. The third-order valence-electron chi connectivity index (χ3n) is 3.89. The fourth-order valence-corrected chi connectivity index (χ4v) is 4.46. The summed E-state index contributed by atoms with van der Waals surface area (Å²) in [4.78, 5) is 17.3. The second kappa shape index (κ2) is 7.86. The highest BCUT2D eigenvalue weighted by molar-refractivity contribution is 7.15. The van der Waals surface area contributed by atoms with Crippen LogP contribution in [0.15, 0.2) is 41.8 Å². The van der Waals surface area contributed by atoms with Crippen LogP contribution in [-0.2, 0) is 6.54 Å². The van der Waals surface area contributed by atoms with Crippen molar-refractivity contribution in [2.45, 2.75) is 32.9 Å². The zero-order chi connectivity index (χ0) is 17.8. The summed E-state index contributed by atoms with van der Waals surface area (Å²) in [6.45, 7) is 4.96. The van der Waals surface area contributed by atoms with E-state index in [2.05, 4.69) is 34.7 Å². The number of nitro benzene ring substituents is 1. The number of thiophene rings is 1. The molecule has 2 aromatic heterocycles. The molecule has 0 radical (unpaired) electrons. The van der Waals surface area contributed by atoms with Crippen molar-refractivity contribution < 1.29 is 4.92 Å². The summed E-state index contributed by atoms with van der Waals surface area (Å²) >= 11 is 3.40. The lowest BCUT2D eigenvalue weighted by molar-refractivity contribution is -0.384. The van der Waals surface area contributed by atoms with Gasteiger partial charge in [-0.15, -0.1) is 22.7 Å². The maximum absolute atomic E-state index is 10.7. The molecule has 0 saturated heterocycles. The summed E-state index contributed by atoms with van der Waals surface area (Å²) in [5.41, 5.74) is 2.19. The molecule has 7 heteroatoms. The molecular weight excluding hydrogens is 354 g/mol. The molecule has 0 saturated carbocycles. The third-order valence-corrected chi connectivity index (χ3v) is 6.10. The fourth-order valence-electron chi connectivity index (χ4n) is 2.54. The van der Waals surface area contributed by atoms with Gasteiger partial charge in [0.2, 0.25) is 0 Å². The van der Waals surface area contributed by atoms with Crippen LogP contribution in [0.3, 0.4) is 0 Å². The van der Waals surface area contributed by atoms with Crippen LogP contribution in [0.5, 0.6) is 0 Å². The van der Waals surface area contributed by atoms with Crippen molar-refractivity contribution in [2.24, 2.45) is 0 Å². The van der Waals surface area contributed by atoms with E-state index >= 15 is 0 Å². The number of hydrogen-bond acceptors (Lipinski definition) is 6. The van der Waals surface area contributed by atoms with Crippen LogP contribution >= 0.6 is 22.7 Å². The Morgan fingerprint density at radius 3 is 2.60 bits per heavy atom. The zero-order valence-electron chi connectivity index (χ0n) is 14.1. The van der Waals surface area contributed by atoms with Gasteiger partial charge in [-0.1, -0.05) is 6.92 Å². The molecule has 0 amide bonds. The number of nitrogens with zero attached hydrogens (tertiary/aromatic N) is 2. The molecule has 2 heterocycles. The molecule has 0 aliphatic rings. The minimum Gasteiger partial charge on any atom is -0.303 e. The first-order valence-corrected chi connectivity index (χ1v) is 9.75. The molecule has 130 valence electrons. The number of rotatable bonds is 7. The van der Waals surface area contributed by atoms with Crippen LogP contribution in [-0.4, -0.2) is 9.91 Å². The van der Waals surface area contributed by atoms with Gasteiger partial charge in [-0.2, -0.15) is 0 Å². The Balaban J connectivity index is 1.66. The number of thiazole rings is 1. The van der Waals surface area contributed by atoms with Gasteiger partial charge in [-0.3, -0.25) is 10.1 Å². The Hall–Kier alpha value is -2.09. The van der Waals surface area contributed by atoms with Crippen molar-refractivity contribution in [2.75, 3.05) is 0 Å². The summed E-state index contributed by atoms with van der Waals surface area (Å²) in [5.74, 6) is 0. The van der Waals surface area contributed by atoms with Crippen molar-refractivity contribution >= 4 is 28.4 Å². The van der Waals surface area contributed by atoms with Crippen LogP contribution < -0.4 is 5.32 Å². The Labute approximate surface area is 154 Å². The highest BCUT2D eigenvalue weighted by atomic mass is 32.1. The number of nitrogens with one attached hydrogen (secondary N) is 1. The van der Waals surface area contributed by atoms with Crippen molar-refractivity contribution in [1.82, 2.24) is 10.3 Å². The molecule has 0 spiro atoms. The average molecular weight is 374 g/mol. The molecule has 3 rings (SSSR count). The highest BCUT2D eigenvalue weighted by Gasteiger charge is 2.13. The van der Waals surface area contributed by atoms with Gasteiger partial charge < -0.3 is 5.32 Å². The number of aromatic nitrogens is 1. The van der Waals surface area contributed by atoms with E-state index in [1.165, 1.54) is 4.88 Å². The number of hydrogen-bond donors (Lipinski definition) is 1. The van der Waals surface area contributed by atoms with Gasteiger partial charge in [0.15, 0.2) is 0 Å². The number of benzene rings is 1. The molecule has 0 bridgehead atoms. The maximum Gasteiger partial charge on any atom is 0.269 e. The number of aryl methyl sites for hydroxylation is 1. The van der Waals surface area contributed by atoms with E-state index in [9.17, 15) is 10.1 Å². The predicted molar refractivity (Wildman–Crippen MR) is 103 cm³/mol. The summed E-state index contributed by atoms with van der Waals surface area (Å²) in [6.07, 6.45) is 0.994. The molecule has 0 fully saturated rings. The minimum atomic E-state index is -0.376. The second-order valence-electron chi connectivity index (χ2n) is 5.74. The van der Waals surface area contributed by atoms with Crippen molar-refractivity contribution in [3.05, 3.63) is 67.5 Å². The van der Waals surface area contributed by atoms with Crippen LogP contribution in [0.1, 0.15) is 35.0 Å². The third kappa shape index (κ3) is 4.31. The predicted octanol–water partition coefficient (Wildman–Crippen LogP) is 5.33. The van der Waals surface area contributed by atoms with Gasteiger partial charge in [-0.25, -0.2) is 4.98 Å². The van der Waals surface area contributed by atoms with E-state index in [0.717, 1.165) is 34.1 Å². The molecule has 1 unspecified atom stereocenters. The topological polar surface area (TPSA) is 68.1 Å². The zero-order valence-corrected chi connectivity index (χ0v) is 15.7. The van der Waals surface area contributed by atoms with Crippen molar-refractivity contribution in [3.63, 3.8) is 0 Å². The van der Waals surface area contributed by atoms with E-state index in [1.807, 2.05) is 6.92 Å². The van der Waals surface area contributed by atoms with Gasteiger partial charge in [0.25, 0.3) is 5.69 Å². The standard InChI is InChI=1S/C18H19N3O2S2/c1-3-16(18-20-12(2)11-24-18)19-10-15-8-9-17(25-15)13-4-6-14(7-5-13)21(22)23/h4-9,11,16,19H,3,10H2,1-2H3. The van der Waals surface area contributed by atoms with E-state index in [0.29, 0.717) is 0 Å². The normalized spacial score (nSPS) is 12.2. The summed E-state index contributed by atoms with van der Waals surface area (Å²) < 4.78 is 0. The number of non-ortho nitro benzene ring substituents is 1. The highest BCUT2D eigenvalue weighted by Crippen LogP contribution is 2.30. The monoisotopic (exact) mass is 373 g/mol. The number of nitro groups is 1. The van der Waals surface area contributed by atoms with E-state index in [4.69, 9.17) is 0 Å². The molecule has 1 atom stereocenters. The molecule has 5 nitrogen and oxygen atoms in total. The molecule has 1 N–H and O–H groups in total. The average Bonchev–Trinajstić information content (AvgIpc) is 3.25. The summed E-state index contributed by atoms with van der Waals surface area (Å²) in [7, 11) is 0. The van der Waals surface area contributed by atoms with Crippen LogP contribution in [0.2, 0.25) is 0 Å². The first-order chi connectivity index (χ1) is 12.1. The molecule has 0 aliphatic carbocycles. The van der Waals surface area contributed by atoms with Crippen LogP contribution in [0.4, 0.5) is 5.69 Å². The lowest BCUT2D eigenvalue weighted by Gasteiger charge is -2.13. The van der Waals surface area contributed by atoms with Crippen molar-refractivity contribution in [1.29, 1.82) is 0 Å². The lowest BCUT2D eigenvalue weighted by Crippen LogP contribution is -2.19. The van der Waals surface area contributed by atoms with Gasteiger partial charge in [0.1, 0.15) is 5.01 Å². The SMILES string of the molecule is CCC(NCc1ccc(-c2ccc([N+](=O)[O-])cc2)s1)c1nc(C)cs1. The maximum atomic E-state index is 10.7. The van der Waals surface area contributed by atoms with Gasteiger partial charge >= 0.3 is 0 Å². The molecule has 25 heavy (non-hydrogen) atoms. The van der Waals surface area contributed by atoms with Gasteiger partial charge in [0, 0.05) is 39.5 Å². The minimum absolute atomic E-state index is 0.117. The van der Waals surface area contributed by atoms with Crippen LogP contribution in [0, 0.1) is 17.0 Å². The second-order valence-corrected chi connectivity index (χ2v) is 7.80. The molecule has 0 aliphatic heterocycles. The fraction of sp³-hybridized carbons (Fsp3) is 0.278.